The monoisotopic (exact) mass is 475 g/mol. The Morgan fingerprint density at radius 1 is 1.09 bits per heavy atom. The molecule has 4 aromatic rings. The average molecular weight is 476 g/mol. The molecule has 1 aliphatic heterocycles. The van der Waals surface area contributed by atoms with Crippen LogP contribution in [0.15, 0.2) is 54.9 Å². The number of hydrogen-bond acceptors (Lipinski definition) is 6. The summed E-state index contributed by atoms with van der Waals surface area (Å²) in [6, 6.07) is 11.7. The zero-order valence-electron chi connectivity index (χ0n) is 20.0. The minimum atomic E-state index is -0.894. The van der Waals surface area contributed by atoms with Crippen LogP contribution in [0.1, 0.15) is 12.8 Å². The van der Waals surface area contributed by atoms with E-state index in [-0.39, 0.29) is 11.6 Å². The van der Waals surface area contributed by atoms with Gasteiger partial charge in [0.05, 0.1) is 7.11 Å². The van der Waals surface area contributed by atoms with E-state index in [1.807, 2.05) is 18.2 Å². The molecule has 1 atom stereocenters. The lowest BCUT2D eigenvalue weighted by molar-refractivity contribution is 0.371. The number of likely N-dealkylation sites (N-methyl/N-ethyl adjacent to an activating group) is 1. The summed E-state index contributed by atoms with van der Waals surface area (Å²) in [6.45, 7) is 1.72. The molecule has 1 fully saturated rings. The second-order valence-corrected chi connectivity index (χ2v) is 9.04. The molecule has 1 saturated heterocycles. The Bertz CT molecular complexity index is 1360. The van der Waals surface area contributed by atoms with Crippen LogP contribution in [0.2, 0.25) is 0 Å². The summed E-state index contributed by atoms with van der Waals surface area (Å²) in [4.78, 5) is 18.5. The van der Waals surface area contributed by atoms with Crippen molar-refractivity contribution in [1.82, 2.24) is 19.9 Å². The first-order valence-corrected chi connectivity index (χ1v) is 11.6. The van der Waals surface area contributed by atoms with Gasteiger partial charge in [-0.3, -0.25) is 4.98 Å². The molecule has 0 N–H and O–H groups in total. The second kappa shape index (κ2) is 9.54. The first-order chi connectivity index (χ1) is 17.0. The first kappa shape index (κ1) is 23.1. The summed E-state index contributed by atoms with van der Waals surface area (Å²) in [5.41, 5.74) is 2.08. The van der Waals surface area contributed by atoms with Crippen LogP contribution < -0.4 is 9.64 Å². The van der Waals surface area contributed by atoms with Crippen molar-refractivity contribution < 1.29 is 13.5 Å². The molecular weight excluding hydrogens is 448 g/mol. The maximum atomic E-state index is 14.7. The highest BCUT2D eigenvalue weighted by molar-refractivity contribution is 5.98. The Balaban J connectivity index is 1.78. The van der Waals surface area contributed by atoms with Gasteiger partial charge in [0.15, 0.2) is 17.5 Å². The van der Waals surface area contributed by atoms with Crippen LogP contribution in [0.25, 0.3) is 33.4 Å². The number of nitrogens with zero attached hydrogens (tertiary/aromatic N) is 5. The Morgan fingerprint density at radius 3 is 2.69 bits per heavy atom. The number of anilines is 1. The minimum absolute atomic E-state index is 0.166. The Kier molecular flexibility index (Phi) is 6.30. The van der Waals surface area contributed by atoms with Gasteiger partial charge < -0.3 is 14.5 Å². The predicted molar refractivity (Wildman–Crippen MR) is 134 cm³/mol. The number of halogens is 2. The van der Waals surface area contributed by atoms with Gasteiger partial charge in [-0.25, -0.2) is 18.7 Å². The topological polar surface area (TPSA) is 54.4 Å². The van der Waals surface area contributed by atoms with Crippen LogP contribution in [-0.2, 0) is 0 Å². The molecule has 6 nitrogen and oxygen atoms in total. The Morgan fingerprint density at radius 2 is 1.94 bits per heavy atom. The first-order valence-electron chi connectivity index (χ1n) is 11.6. The van der Waals surface area contributed by atoms with Gasteiger partial charge in [0.25, 0.3) is 0 Å². The number of pyridine rings is 1. The second-order valence-electron chi connectivity index (χ2n) is 9.04. The van der Waals surface area contributed by atoms with E-state index in [9.17, 15) is 8.78 Å². The van der Waals surface area contributed by atoms with E-state index in [0.29, 0.717) is 22.7 Å². The SMILES string of the molecule is COc1cc(-c2cccc(F)c2F)cc2c(N3CCCC3CN(C)C)nc(-c3cccnc3)nc12. The van der Waals surface area contributed by atoms with Crippen molar-refractivity contribution >= 4 is 16.7 Å². The zero-order chi connectivity index (χ0) is 24.5. The fourth-order valence-corrected chi connectivity index (χ4v) is 4.79. The van der Waals surface area contributed by atoms with E-state index in [1.165, 1.54) is 6.07 Å². The van der Waals surface area contributed by atoms with E-state index in [2.05, 4.69) is 28.9 Å². The van der Waals surface area contributed by atoms with Gasteiger partial charge >= 0.3 is 0 Å². The van der Waals surface area contributed by atoms with E-state index in [0.717, 1.165) is 48.8 Å². The summed E-state index contributed by atoms with van der Waals surface area (Å²) in [6.07, 6.45) is 5.53. The van der Waals surface area contributed by atoms with Gasteiger partial charge in [0.2, 0.25) is 0 Å². The number of rotatable bonds is 6. The van der Waals surface area contributed by atoms with Gasteiger partial charge in [-0.05, 0) is 62.8 Å². The average Bonchev–Trinajstić information content (AvgIpc) is 3.32. The standard InChI is InChI=1S/C27H27F2N5O/c1-33(2)16-19-8-6-12-34(19)27-21-13-18(20-9-4-10-22(28)24(20)29)14-23(35-3)25(21)31-26(32-27)17-7-5-11-30-15-17/h4-5,7,9-11,13-15,19H,6,8,12,16H2,1-3H3. The molecule has 0 spiro atoms. The van der Waals surface area contributed by atoms with Crippen LogP contribution in [0.3, 0.4) is 0 Å². The Hall–Kier alpha value is -3.65. The maximum absolute atomic E-state index is 14.7. The molecule has 0 radical (unpaired) electrons. The maximum Gasteiger partial charge on any atom is 0.166 e. The number of aromatic nitrogens is 3. The third-order valence-corrected chi connectivity index (χ3v) is 6.37. The lowest BCUT2D eigenvalue weighted by Gasteiger charge is -2.29. The van der Waals surface area contributed by atoms with Crippen LogP contribution in [0.4, 0.5) is 14.6 Å². The van der Waals surface area contributed by atoms with Gasteiger partial charge in [-0.15, -0.1) is 0 Å². The van der Waals surface area contributed by atoms with Gasteiger partial charge in [-0.2, -0.15) is 0 Å². The predicted octanol–water partition coefficient (Wildman–Crippen LogP) is 5.18. The van der Waals surface area contributed by atoms with Crippen molar-refractivity contribution in [3.05, 3.63) is 66.5 Å². The number of hydrogen-bond donors (Lipinski definition) is 0. The van der Waals surface area contributed by atoms with Crippen molar-refractivity contribution in [2.45, 2.75) is 18.9 Å². The fraction of sp³-hybridized carbons (Fsp3) is 0.296. The molecule has 2 aromatic carbocycles. The molecule has 2 aromatic heterocycles. The lowest BCUT2D eigenvalue weighted by atomic mass is 10.0. The summed E-state index contributed by atoms with van der Waals surface area (Å²) in [5.74, 6) is -0.0156. The summed E-state index contributed by atoms with van der Waals surface area (Å²) in [5, 5.41) is 0.737. The molecule has 35 heavy (non-hydrogen) atoms. The largest absolute Gasteiger partial charge is 0.494 e. The lowest BCUT2D eigenvalue weighted by Crippen LogP contribution is -2.38. The summed E-state index contributed by atoms with van der Waals surface area (Å²) in [7, 11) is 5.67. The van der Waals surface area contributed by atoms with Crippen LogP contribution in [-0.4, -0.2) is 60.2 Å². The molecule has 0 bridgehead atoms. The summed E-state index contributed by atoms with van der Waals surface area (Å²) >= 11 is 0. The number of ether oxygens (including phenoxy) is 1. The third kappa shape index (κ3) is 4.41. The quantitative estimate of drug-likeness (QED) is 0.383. The number of benzene rings is 2. The zero-order valence-corrected chi connectivity index (χ0v) is 20.0. The van der Waals surface area contributed by atoms with Crippen molar-refractivity contribution in [3.63, 3.8) is 0 Å². The van der Waals surface area contributed by atoms with Crippen LogP contribution >= 0.6 is 0 Å². The highest BCUT2D eigenvalue weighted by Crippen LogP contribution is 2.39. The van der Waals surface area contributed by atoms with Gasteiger partial charge in [0.1, 0.15) is 17.1 Å². The third-order valence-electron chi connectivity index (χ3n) is 6.37. The molecule has 0 amide bonds. The molecule has 5 rings (SSSR count). The van der Waals surface area contributed by atoms with E-state index >= 15 is 0 Å². The molecule has 3 heterocycles. The normalized spacial score (nSPS) is 15.8. The van der Waals surface area contributed by atoms with Crippen molar-refractivity contribution in [2.24, 2.45) is 0 Å². The smallest absolute Gasteiger partial charge is 0.166 e. The molecule has 1 aliphatic rings. The van der Waals surface area contributed by atoms with Crippen molar-refractivity contribution in [2.75, 3.05) is 39.2 Å². The van der Waals surface area contributed by atoms with E-state index in [1.54, 1.807) is 31.6 Å². The molecule has 0 aliphatic carbocycles. The van der Waals surface area contributed by atoms with Gasteiger partial charge in [0, 0.05) is 48.0 Å². The van der Waals surface area contributed by atoms with E-state index < -0.39 is 11.6 Å². The van der Waals surface area contributed by atoms with Crippen molar-refractivity contribution in [3.8, 4) is 28.3 Å². The van der Waals surface area contributed by atoms with Crippen LogP contribution in [0, 0.1) is 11.6 Å². The fourth-order valence-electron chi connectivity index (χ4n) is 4.79. The molecule has 1 unspecified atom stereocenters. The van der Waals surface area contributed by atoms with Gasteiger partial charge in [-0.1, -0.05) is 12.1 Å². The Labute approximate surface area is 203 Å². The number of fused-ring (bicyclic) bond motifs is 1. The molecule has 0 saturated carbocycles. The molecule has 8 heteroatoms. The van der Waals surface area contributed by atoms with Crippen molar-refractivity contribution in [1.29, 1.82) is 0 Å². The van der Waals surface area contributed by atoms with Crippen LogP contribution in [0.5, 0.6) is 5.75 Å². The number of methoxy groups -OCH3 is 1. The summed E-state index contributed by atoms with van der Waals surface area (Å²) < 4.78 is 34.5. The highest BCUT2D eigenvalue weighted by Gasteiger charge is 2.29. The highest BCUT2D eigenvalue weighted by atomic mass is 19.2. The minimum Gasteiger partial charge on any atom is -0.494 e. The van der Waals surface area contributed by atoms with E-state index in [4.69, 9.17) is 14.7 Å². The molecular formula is C27H27F2N5O. The molecule has 180 valence electrons.